The molecule has 2 aromatic carbocycles. The van der Waals surface area contributed by atoms with E-state index in [0.29, 0.717) is 23.5 Å². The van der Waals surface area contributed by atoms with Gasteiger partial charge in [-0.2, -0.15) is 0 Å². The van der Waals surface area contributed by atoms with Gasteiger partial charge in [-0.25, -0.2) is 18.7 Å². The summed E-state index contributed by atoms with van der Waals surface area (Å²) >= 11 is 0. The molecule has 0 spiro atoms. The number of halogens is 2. The van der Waals surface area contributed by atoms with Gasteiger partial charge in [0.05, 0.1) is 24.9 Å². The Hall–Kier alpha value is -3.53. The van der Waals surface area contributed by atoms with E-state index in [9.17, 15) is 18.7 Å². The molecular formula is C26H31F2N5O3. The molecule has 1 aliphatic heterocycles. The molecule has 5 rings (SSSR count). The van der Waals surface area contributed by atoms with Gasteiger partial charge in [0.25, 0.3) is 0 Å². The van der Waals surface area contributed by atoms with Crippen LogP contribution in [0.4, 0.5) is 20.3 Å². The number of methoxy groups -OCH3 is 1. The number of anilines is 2. The number of carbonyl (C=O) groups is 1. The first-order chi connectivity index (χ1) is 17.4. The van der Waals surface area contributed by atoms with Gasteiger partial charge in [-0.1, -0.05) is 19.3 Å². The van der Waals surface area contributed by atoms with E-state index in [1.807, 2.05) is 0 Å². The van der Waals surface area contributed by atoms with Gasteiger partial charge in [-0.3, -0.25) is 9.69 Å². The Morgan fingerprint density at radius 2 is 1.92 bits per heavy atom. The third-order valence-corrected chi connectivity index (χ3v) is 6.57. The van der Waals surface area contributed by atoms with E-state index >= 15 is 0 Å². The fourth-order valence-corrected chi connectivity index (χ4v) is 4.70. The van der Waals surface area contributed by atoms with E-state index in [0.717, 1.165) is 25.2 Å². The molecule has 10 heteroatoms. The van der Waals surface area contributed by atoms with Crippen molar-refractivity contribution in [2.75, 3.05) is 32.1 Å². The summed E-state index contributed by atoms with van der Waals surface area (Å²) in [4.78, 5) is 21.6. The number of rotatable bonds is 4. The molecule has 2 fully saturated rings. The molecule has 3 N–H and O–H groups in total. The first-order valence-electron chi connectivity index (χ1n) is 12.1. The quantitative estimate of drug-likeness (QED) is 0.489. The molecule has 36 heavy (non-hydrogen) atoms. The highest BCUT2D eigenvalue weighted by molar-refractivity contribution is 5.93. The highest BCUT2D eigenvalue weighted by Gasteiger charge is 2.25. The Labute approximate surface area is 208 Å². The molecule has 192 valence electrons. The number of amides is 1. The maximum absolute atomic E-state index is 14.1. The van der Waals surface area contributed by atoms with Gasteiger partial charge in [0, 0.05) is 36.7 Å². The van der Waals surface area contributed by atoms with Crippen LogP contribution in [0.5, 0.6) is 11.5 Å². The summed E-state index contributed by atoms with van der Waals surface area (Å²) in [5.41, 5.74) is 0.624. The van der Waals surface area contributed by atoms with Crippen molar-refractivity contribution in [3.05, 3.63) is 47.8 Å². The van der Waals surface area contributed by atoms with E-state index in [2.05, 4.69) is 25.5 Å². The number of aromatic hydroxyl groups is 1. The van der Waals surface area contributed by atoms with Gasteiger partial charge in [0.2, 0.25) is 5.91 Å². The number of hydrogen-bond acceptors (Lipinski definition) is 7. The molecule has 0 unspecified atom stereocenters. The second-order valence-electron chi connectivity index (χ2n) is 9.08. The fourth-order valence-electron chi connectivity index (χ4n) is 4.70. The van der Waals surface area contributed by atoms with E-state index in [4.69, 9.17) is 4.74 Å². The Bertz CT molecular complexity index is 1230. The van der Waals surface area contributed by atoms with Gasteiger partial charge >= 0.3 is 0 Å². The lowest BCUT2D eigenvalue weighted by molar-refractivity contribution is -0.125. The van der Waals surface area contributed by atoms with Gasteiger partial charge < -0.3 is 20.5 Å². The van der Waals surface area contributed by atoms with Gasteiger partial charge in [0.1, 0.15) is 23.8 Å². The summed E-state index contributed by atoms with van der Waals surface area (Å²) in [6, 6.07) is 5.78. The molecule has 1 saturated heterocycles. The van der Waals surface area contributed by atoms with E-state index in [-0.39, 0.29) is 34.5 Å². The average Bonchev–Trinajstić information content (AvgIpc) is 2.88. The minimum Gasteiger partial charge on any atom is -0.504 e. The van der Waals surface area contributed by atoms with Crippen molar-refractivity contribution >= 4 is 28.3 Å². The number of ether oxygens (including phenoxy) is 1. The Balaban J connectivity index is 0.000000197. The first kappa shape index (κ1) is 25.6. The van der Waals surface area contributed by atoms with Crippen molar-refractivity contribution < 1.29 is 23.4 Å². The van der Waals surface area contributed by atoms with Crippen LogP contribution in [-0.4, -0.2) is 58.7 Å². The predicted molar refractivity (Wildman–Crippen MR) is 134 cm³/mol. The molecule has 1 aromatic heterocycles. The van der Waals surface area contributed by atoms with E-state index < -0.39 is 11.6 Å². The van der Waals surface area contributed by atoms with Crippen molar-refractivity contribution in [2.45, 2.75) is 45.1 Å². The first-order valence-corrected chi connectivity index (χ1v) is 12.1. The lowest BCUT2D eigenvalue weighted by Crippen LogP contribution is -2.51. The number of hydrogen-bond donors (Lipinski definition) is 3. The molecule has 8 nitrogen and oxygen atoms in total. The minimum absolute atomic E-state index is 0.0437. The van der Waals surface area contributed by atoms with Crippen LogP contribution < -0.4 is 15.4 Å². The summed E-state index contributed by atoms with van der Waals surface area (Å²) in [5, 5.41) is 16.0. The zero-order valence-electron chi connectivity index (χ0n) is 20.5. The summed E-state index contributed by atoms with van der Waals surface area (Å²) in [5.74, 6) is -0.525. The number of nitrogens with one attached hydrogen (secondary N) is 2. The highest BCUT2D eigenvalue weighted by atomic mass is 19.1. The van der Waals surface area contributed by atoms with Crippen molar-refractivity contribution in [1.82, 2.24) is 20.2 Å². The number of aromatic nitrogens is 2. The SMILES string of the molecule is COc1cc2ncnc(Nc3cc(F)cc(C)c3F)c2cc1O.O=C1CN(C2CCCCC2)CCN1. The second kappa shape index (κ2) is 11.5. The molecule has 0 atom stereocenters. The van der Waals surface area contributed by atoms with Crippen molar-refractivity contribution in [3.63, 3.8) is 0 Å². The Kier molecular flexibility index (Phi) is 8.14. The number of phenolic OH excluding ortho intramolecular Hbond substituents is 1. The molecule has 2 aliphatic rings. The smallest absolute Gasteiger partial charge is 0.234 e. The molecule has 0 radical (unpaired) electrons. The van der Waals surface area contributed by atoms with E-state index in [1.54, 1.807) is 0 Å². The number of nitrogens with zero attached hydrogens (tertiary/aromatic N) is 3. The van der Waals surface area contributed by atoms with Crippen molar-refractivity contribution in [1.29, 1.82) is 0 Å². The van der Waals surface area contributed by atoms with Crippen LogP contribution in [0.3, 0.4) is 0 Å². The molecule has 3 aromatic rings. The normalized spacial score (nSPS) is 16.7. The maximum Gasteiger partial charge on any atom is 0.234 e. The highest BCUT2D eigenvalue weighted by Crippen LogP contribution is 2.34. The van der Waals surface area contributed by atoms with Gasteiger partial charge in [0.15, 0.2) is 11.5 Å². The molecule has 2 heterocycles. The number of carbonyl (C=O) groups excluding carboxylic acids is 1. The molecule has 0 bridgehead atoms. The van der Waals surface area contributed by atoms with Gasteiger partial charge in [-0.15, -0.1) is 0 Å². The lowest BCUT2D eigenvalue weighted by atomic mass is 9.94. The van der Waals surface area contributed by atoms with Crippen LogP contribution >= 0.6 is 0 Å². The largest absolute Gasteiger partial charge is 0.504 e. The molecule has 1 saturated carbocycles. The Morgan fingerprint density at radius 1 is 1.14 bits per heavy atom. The lowest BCUT2D eigenvalue weighted by Gasteiger charge is -2.36. The topological polar surface area (TPSA) is 99.6 Å². The summed E-state index contributed by atoms with van der Waals surface area (Å²) in [6.45, 7) is 3.99. The second-order valence-corrected chi connectivity index (χ2v) is 9.08. The predicted octanol–water partition coefficient (Wildman–Crippen LogP) is 4.43. The summed E-state index contributed by atoms with van der Waals surface area (Å²) < 4.78 is 32.6. The minimum atomic E-state index is -0.573. The average molecular weight is 500 g/mol. The van der Waals surface area contributed by atoms with Crippen LogP contribution in [0.2, 0.25) is 0 Å². The maximum atomic E-state index is 14.1. The van der Waals surface area contributed by atoms with E-state index in [1.165, 1.54) is 64.6 Å². The van der Waals surface area contributed by atoms with Crippen LogP contribution in [0.25, 0.3) is 10.9 Å². The summed E-state index contributed by atoms with van der Waals surface area (Å²) in [7, 11) is 1.42. The number of aryl methyl sites for hydroxylation is 1. The third-order valence-electron chi connectivity index (χ3n) is 6.57. The molecule has 1 aliphatic carbocycles. The molecular weight excluding hydrogens is 468 g/mol. The van der Waals surface area contributed by atoms with Gasteiger partial charge in [-0.05, 0) is 37.5 Å². The standard InChI is InChI=1S/C16H13F2N3O2.C10H18N2O/c1-8-3-9(17)4-12(15(8)18)21-16-10-5-13(22)14(23-2)6-11(10)19-7-20-16;13-10-8-12(7-6-11-10)9-4-2-1-3-5-9/h3-7,22H,1-2H3,(H,19,20,21);9H,1-8H2,(H,11,13). The third kappa shape index (κ3) is 5.99. The van der Waals surface area contributed by atoms with Crippen LogP contribution in [-0.2, 0) is 4.79 Å². The zero-order chi connectivity index (χ0) is 25.7. The molecule has 1 amide bonds. The van der Waals surface area contributed by atoms with Crippen LogP contribution in [0.15, 0.2) is 30.6 Å². The number of piperazine rings is 1. The Morgan fingerprint density at radius 3 is 2.64 bits per heavy atom. The summed E-state index contributed by atoms with van der Waals surface area (Å²) in [6.07, 6.45) is 7.97. The number of phenols is 1. The number of benzene rings is 2. The van der Waals surface area contributed by atoms with Crippen LogP contribution in [0, 0.1) is 18.6 Å². The van der Waals surface area contributed by atoms with Crippen LogP contribution in [0.1, 0.15) is 37.7 Å². The zero-order valence-corrected chi connectivity index (χ0v) is 20.5. The number of fused-ring (bicyclic) bond motifs is 1. The fraction of sp³-hybridized carbons (Fsp3) is 0.423. The van der Waals surface area contributed by atoms with Crippen molar-refractivity contribution in [3.8, 4) is 11.5 Å². The van der Waals surface area contributed by atoms with Crippen molar-refractivity contribution in [2.24, 2.45) is 0 Å². The monoisotopic (exact) mass is 499 g/mol.